The lowest BCUT2D eigenvalue weighted by atomic mass is 10.3. The van der Waals surface area contributed by atoms with Crippen molar-refractivity contribution >= 4 is 0 Å². The molecule has 1 aromatic carbocycles. The van der Waals surface area contributed by atoms with E-state index in [0.29, 0.717) is 18.6 Å². The minimum absolute atomic E-state index is 0.123. The summed E-state index contributed by atoms with van der Waals surface area (Å²) in [5.41, 5.74) is 0. The largest absolute Gasteiger partial charge is 0.490 e. The number of nitrogens with one attached hydrogen (secondary N) is 1. The lowest BCUT2D eigenvalue weighted by Crippen LogP contribution is -2.14. The maximum Gasteiger partial charge on any atom is 0.167 e. The van der Waals surface area contributed by atoms with Crippen molar-refractivity contribution in [3.05, 3.63) is 29.8 Å². The maximum absolute atomic E-state index is 13.1. The molecule has 0 aromatic heterocycles. The van der Waals surface area contributed by atoms with E-state index in [-0.39, 0.29) is 5.75 Å². The van der Waals surface area contributed by atoms with Gasteiger partial charge in [0.15, 0.2) is 11.6 Å². The third-order valence-corrected chi connectivity index (χ3v) is 2.64. The smallest absolute Gasteiger partial charge is 0.167 e. The fourth-order valence-electron chi connectivity index (χ4n) is 1.57. The van der Waals surface area contributed by atoms with Gasteiger partial charge in [-0.1, -0.05) is 0 Å². The molecular weight excluding hydrogens is 200 g/mol. The fourth-order valence-corrected chi connectivity index (χ4v) is 1.57. The van der Waals surface area contributed by atoms with Crippen molar-refractivity contribution in [3.63, 3.8) is 0 Å². The van der Waals surface area contributed by atoms with Crippen LogP contribution in [0.15, 0.2) is 18.2 Å². The van der Waals surface area contributed by atoms with Crippen molar-refractivity contribution in [2.75, 3.05) is 13.7 Å². The Kier molecular flexibility index (Phi) is 2.86. The summed E-state index contributed by atoms with van der Waals surface area (Å²) in [7, 11) is 1.89. The number of ether oxygens (including phenoxy) is 1. The molecule has 2 atom stereocenters. The van der Waals surface area contributed by atoms with Gasteiger partial charge in [-0.25, -0.2) is 8.78 Å². The third-order valence-electron chi connectivity index (χ3n) is 2.64. The molecule has 82 valence electrons. The zero-order chi connectivity index (χ0) is 10.8. The Morgan fingerprint density at radius 2 is 2.27 bits per heavy atom. The molecule has 0 saturated heterocycles. The summed E-state index contributed by atoms with van der Waals surface area (Å²) in [4.78, 5) is 0. The molecule has 0 bridgehead atoms. The summed E-state index contributed by atoms with van der Waals surface area (Å²) in [6.45, 7) is 0.480. The van der Waals surface area contributed by atoms with Crippen LogP contribution in [0.4, 0.5) is 8.78 Å². The summed E-state index contributed by atoms with van der Waals surface area (Å²) in [5, 5.41) is 3.12. The van der Waals surface area contributed by atoms with Crippen molar-refractivity contribution in [2.24, 2.45) is 5.92 Å². The molecule has 1 aromatic rings. The predicted molar refractivity (Wildman–Crippen MR) is 52.8 cm³/mol. The first kappa shape index (κ1) is 10.4. The molecule has 1 aliphatic carbocycles. The molecule has 1 N–H and O–H groups in total. The van der Waals surface area contributed by atoms with Crippen LogP contribution in [0.3, 0.4) is 0 Å². The Hall–Kier alpha value is -1.16. The molecule has 1 fully saturated rings. The molecule has 2 unspecified atom stereocenters. The number of hydrogen-bond acceptors (Lipinski definition) is 2. The van der Waals surface area contributed by atoms with Gasteiger partial charge in [0.1, 0.15) is 5.82 Å². The second-order valence-electron chi connectivity index (χ2n) is 3.78. The van der Waals surface area contributed by atoms with Crippen LogP contribution >= 0.6 is 0 Å². The SMILES string of the molecule is CNC1CC1COc1ccc(F)cc1F. The van der Waals surface area contributed by atoms with Crippen LogP contribution in [0.1, 0.15) is 6.42 Å². The zero-order valence-corrected chi connectivity index (χ0v) is 8.47. The highest BCUT2D eigenvalue weighted by molar-refractivity contribution is 5.24. The lowest BCUT2D eigenvalue weighted by Gasteiger charge is -2.06. The van der Waals surface area contributed by atoms with Crippen LogP contribution in [0, 0.1) is 17.6 Å². The fraction of sp³-hybridized carbons (Fsp3) is 0.455. The molecule has 0 radical (unpaired) electrons. The number of hydrogen-bond donors (Lipinski definition) is 1. The van der Waals surface area contributed by atoms with Gasteiger partial charge < -0.3 is 10.1 Å². The van der Waals surface area contributed by atoms with Gasteiger partial charge in [0.2, 0.25) is 0 Å². The molecule has 4 heteroatoms. The van der Waals surface area contributed by atoms with E-state index >= 15 is 0 Å². The highest BCUT2D eigenvalue weighted by atomic mass is 19.1. The molecule has 0 heterocycles. The number of benzene rings is 1. The molecular formula is C11H13F2NO. The molecule has 2 nitrogen and oxygen atoms in total. The Balaban J connectivity index is 1.88. The average Bonchev–Trinajstić information content (AvgIpc) is 2.95. The second-order valence-corrected chi connectivity index (χ2v) is 3.78. The number of rotatable bonds is 4. The minimum Gasteiger partial charge on any atom is -0.490 e. The van der Waals surface area contributed by atoms with Gasteiger partial charge in [0.25, 0.3) is 0 Å². The van der Waals surface area contributed by atoms with E-state index in [1.807, 2.05) is 7.05 Å². The van der Waals surface area contributed by atoms with E-state index in [2.05, 4.69) is 5.32 Å². The van der Waals surface area contributed by atoms with Crippen molar-refractivity contribution in [3.8, 4) is 5.75 Å². The van der Waals surface area contributed by atoms with Gasteiger partial charge >= 0.3 is 0 Å². The van der Waals surface area contributed by atoms with Crippen LogP contribution in [0.2, 0.25) is 0 Å². The standard InChI is InChI=1S/C11H13F2NO/c1-14-10-4-7(10)6-15-11-3-2-8(12)5-9(11)13/h2-3,5,7,10,14H,4,6H2,1H3. The van der Waals surface area contributed by atoms with E-state index in [0.717, 1.165) is 12.5 Å². The lowest BCUT2D eigenvalue weighted by molar-refractivity contribution is 0.280. The summed E-state index contributed by atoms with van der Waals surface area (Å²) in [6, 6.07) is 3.83. The van der Waals surface area contributed by atoms with Crippen LogP contribution in [0.25, 0.3) is 0 Å². The first-order valence-electron chi connectivity index (χ1n) is 4.96. The highest BCUT2D eigenvalue weighted by Crippen LogP contribution is 2.31. The summed E-state index contributed by atoms with van der Waals surface area (Å²) in [5.74, 6) is -0.659. The van der Waals surface area contributed by atoms with Gasteiger partial charge in [-0.05, 0) is 25.6 Å². The van der Waals surface area contributed by atoms with Crippen molar-refractivity contribution in [1.29, 1.82) is 0 Å². The van der Waals surface area contributed by atoms with E-state index < -0.39 is 11.6 Å². The van der Waals surface area contributed by atoms with Crippen LogP contribution < -0.4 is 10.1 Å². The highest BCUT2D eigenvalue weighted by Gasteiger charge is 2.36. The molecule has 2 rings (SSSR count). The van der Waals surface area contributed by atoms with Crippen molar-refractivity contribution in [2.45, 2.75) is 12.5 Å². The van der Waals surface area contributed by atoms with Crippen LogP contribution in [-0.4, -0.2) is 19.7 Å². The quantitative estimate of drug-likeness (QED) is 0.825. The first-order valence-corrected chi connectivity index (χ1v) is 4.96. The van der Waals surface area contributed by atoms with E-state index in [4.69, 9.17) is 4.74 Å². The van der Waals surface area contributed by atoms with Gasteiger partial charge in [0, 0.05) is 18.0 Å². The van der Waals surface area contributed by atoms with Crippen molar-refractivity contribution in [1.82, 2.24) is 5.32 Å². The van der Waals surface area contributed by atoms with Gasteiger partial charge in [-0.3, -0.25) is 0 Å². The normalized spacial score (nSPS) is 23.9. The Labute approximate surface area is 87.2 Å². The summed E-state index contributed by atoms with van der Waals surface area (Å²) < 4.78 is 31.0. The predicted octanol–water partition coefficient (Wildman–Crippen LogP) is 1.95. The molecule has 0 aliphatic heterocycles. The topological polar surface area (TPSA) is 21.3 Å². The van der Waals surface area contributed by atoms with Crippen LogP contribution in [0.5, 0.6) is 5.75 Å². The Morgan fingerprint density at radius 3 is 2.87 bits per heavy atom. The van der Waals surface area contributed by atoms with E-state index in [1.165, 1.54) is 12.1 Å². The third kappa shape index (κ3) is 2.45. The monoisotopic (exact) mass is 213 g/mol. The van der Waals surface area contributed by atoms with Gasteiger partial charge in [-0.2, -0.15) is 0 Å². The van der Waals surface area contributed by atoms with Gasteiger partial charge in [-0.15, -0.1) is 0 Å². The summed E-state index contributed by atoms with van der Waals surface area (Å²) in [6.07, 6.45) is 1.05. The molecule has 1 saturated carbocycles. The first-order chi connectivity index (χ1) is 7.20. The number of halogens is 2. The zero-order valence-electron chi connectivity index (χ0n) is 8.47. The second kappa shape index (κ2) is 4.14. The molecule has 0 amide bonds. The van der Waals surface area contributed by atoms with Crippen molar-refractivity contribution < 1.29 is 13.5 Å². The molecule has 1 aliphatic rings. The maximum atomic E-state index is 13.1. The average molecular weight is 213 g/mol. The van der Waals surface area contributed by atoms with Crippen LogP contribution in [-0.2, 0) is 0 Å². The Morgan fingerprint density at radius 1 is 1.47 bits per heavy atom. The molecule has 0 spiro atoms. The van der Waals surface area contributed by atoms with E-state index in [1.54, 1.807) is 0 Å². The Bertz CT molecular complexity index is 356. The van der Waals surface area contributed by atoms with Gasteiger partial charge in [0.05, 0.1) is 6.61 Å². The minimum atomic E-state index is -0.642. The summed E-state index contributed by atoms with van der Waals surface area (Å²) >= 11 is 0. The molecule has 15 heavy (non-hydrogen) atoms. The van der Waals surface area contributed by atoms with E-state index in [9.17, 15) is 8.78 Å².